The Balaban J connectivity index is 2.02. The molecule has 104 valence electrons. The Morgan fingerprint density at radius 2 is 1.90 bits per heavy atom. The number of halogens is 2. The zero-order chi connectivity index (χ0) is 14.5. The van der Waals surface area contributed by atoms with Crippen molar-refractivity contribution in [3.63, 3.8) is 0 Å². The number of aryl methyl sites for hydroxylation is 1. The van der Waals surface area contributed by atoms with E-state index in [0.29, 0.717) is 21.4 Å². The van der Waals surface area contributed by atoms with Gasteiger partial charge in [0.25, 0.3) is 0 Å². The predicted molar refractivity (Wildman–Crippen MR) is 82.1 cm³/mol. The average Bonchev–Trinajstić information content (AvgIpc) is 2.47. The Morgan fingerprint density at radius 1 is 1.10 bits per heavy atom. The van der Waals surface area contributed by atoms with Crippen LogP contribution in [0.4, 0.5) is 0 Å². The van der Waals surface area contributed by atoms with E-state index >= 15 is 0 Å². The van der Waals surface area contributed by atoms with Crippen molar-refractivity contribution in [1.29, 1.82) is 0 Å². The van der Waals surface area contributed by atoms with Crippen molar-refractivity contribution in [1.82, 2.24) is 0 Å². The summed E-state index contributed by atoms with van der Waals surface area (Å²) < 4.78 is 5.51. The van der Waals surface area contributed by atoms with Crippen molar-refractivity contribution in [2.75, 3.05) is 6.61 Å². The molecule has 0 radical (unpaired) electrons. The molecule has 0 aliphatic carbocycles. The Morgan fingerprint density at radius 3 is 2.60 bits per heavy atom. The van der Waals surface area contributed by atoms with Crippen LogP contribution in [-0.2, 0) is 6.42 Å². The van der Waals surface area contributed by atoms with Crippen molar-refractivity contribution >= 4 is 29.0 Å². The molecule has 0 bridgehead atoms. The largest absolute Gasteiger partial charge is 0.485 e. The van der Waals surface area contributed by atoms with Gasteiger partial charge in [0.2, 0.25) is 0 Å². The smallest absolute Gasteiger partial charge is 0.200 e. The molecule has 0 atom stereocenters. The third-order valence-electron chi connectivity index (χ3n) is 2.92. The first kappa shape index (κ1) is 14.9. The lowest BCUT2D eigenvalue weighted by molar-refractivity contribution is 0.0921. The fourth-order valence-corrected chi connectivity index (χ4v) is 2.06. The molecule has 0 saturated carbocycles. The minimum atomic E-state index is -0.134. The number of carbonyl (C=O) groups is 1. The molecular formula is C16H14Cl2O2. The van der Waals surface area contributed by atoms with Crippen LogP contribution in [0.3, 0.4) is 0 Å². The number of benzene rings is 2. The summed E-state index contributed by atoms with van der Waals surface area (Å²) in [4.78, 5) is 12.0. The van der Waals surface area contributed by atoms with Crippen molar-refractivity contribution in [3.8, 4) is 5.75 Å². The highest BCUT2D eigenvalue weighted by molar-refractivity contribution is 6.42. The minimum absolute atomic E-state index is 0.0227. The van der Waals surface area contributed by atoms with Gasteiger partial charge >= 0.3 is 0 Å². The number of ketones is 1. The molecule has 0 aliphatic heterocycles. The summed E-state index contributed by atoms with van der Waals surface area (Å²) in [6.45, 7) is 2.05. The maximum atomic E-state index is 12.0. The van der Waals surface area contributed by atoms with Gasteiger partial charge in [0.15, 0.2) is 12.4 Å². The van der Waals surface area contributed by atoms with Gasteiger partial charge in [-0.1, -0.05) is 42.3 Å². The third kappa shape index (κ3) is 3.75. The van der Waals surface area contributed by atoms with Gasteiger partial charge in [0.1, 0.15) is 5.75 Å². The second-order valence-corrected chi connectivity index (χ2v) is 5.16. The van der Waals surface area contributed by atoms with E-state index in [2.05, 4.69) is 6.92 Å². The van der Waals surface area contributed by atoms with Gasteiger partial charge in [-0.3, -0.25) is 4.79 Å². The molecule has 2 aromatic carbocycles. The highest BCUT2D eigenvalue weighted by Gasteiger charge is 2.09. The van der Waals surface area contributed by atoms with Gasteiger partial charge in [0.05, 0.1) is 10.0 Å². The monoisotopic (exact) mass is 308 g/mol. The van der Waals surface area contributed by atoms with Crippen LogP contribution in [0.25, 0.3) is 0 Å². The molecule has 0 fully saturated rings. The average molecular weight is 309 g/mol. The first-order valence-electron chi connectivity index (χ1n) is 6.30. The van der Waals surface area contributed by atoms with Gasteiger partial charge in [-0.15, -0.1) is 0 Å². The van der Waals surface area contributed by atoms with Crippen LogP contribution in [0, 0.1) is 0 Å². The maximum absolute atomic E-state index is 12.0. The third-order valence-corrected chi connectivity index (χ3v) is 3.66. The van der Waals surface area contributed by atoms with Gasteiger partial charge in [-0.25, -0.2) is 0 Å². The summed E-state index contributed by atoms with van der Waals surface area (Å²) in [5.74, 6) is 0.559. The lowest BCUT2D eigenvalue weighted by Gasteiger charge is -2.07. The van der Waals surface area contributed by atoms with Crippen LogP contribution < -0.4 is 4.74 Å². The van der Waals surface area contributed by atoms with Crippen molar-refractivity contribution < 1.29 is 9.53 Å². The minimum Gasteiger partial charge on any atom is -0.485 e. The lowest BCUT2D eigenvalue weighted by Crippen LogP contribution is -2.11. The number of ether oxygens (including phenoxy) is 1. The Labute approximate surface area is 128 Å². The number of hydrogen-bond acceptors (Lipinski definition) is 2. The number of carbonyl (C=O) groups excluding carboxylic acids is 1. The quantitative estimate of drug-likeness (QED) is 0.740. The zero-order valence-electron chi connectivity index (χ0n) is 11.0. The maximum Gasteiger partial charge on any atom is 0.200 e. The van der Waals surface area contributed by atoms with Gasteiger partial charge in [0, 0.05) is 5.56 Å². The second kappa shape index (κ2) is 6.78. The first-order valence-corrected chi connectivity index (χ1v) is 7.05. The van der Waals surface area contributed by atoms with E-state index in [4.69, 9.17) is 27.9 Å². The normalized spacial score (nSPS) is 10.3. The Kier molecular flexibility index (Phi) is 5.05. The molecule has 0 heterocycles. The van der Waals surface area contributed by atoms with E-state index in [1.54, 1.807) is 18.2 Å². The summed E-state index contributed by atoms with van der Waals surface area (Å²) in [7, 11) is 0. The van der Waals surface area contributed by atoms with Crippen LogP contribution in [0.5, 0.6) is 5.75 Å². The summed E-state index contributed by atoms with van der Waals surface area (Å²) >= 11 is 11.7. The highest BCUT2D eigenvalue weighted by Crippen LogP contribution is 2.23. The van der Waals surface area contributed by atoms with Gasteiger partial charge < -0.3 is 4.74 Å². The van der Waals surface area contributed by atoms with Crippen LogP contribution in [0.2, 0.25) is 10.0 Å². The first-order chi connectivity index (χ1) is 9.60. The van der Waals surface area contributed by atoms with E-state index in [-0.39, 0.29) is 12.4 Å². The molecule has 0 N–H and O–H groups in total. The van der Waals surface area contributed by atoms with Crippen molar-refractivity contribution in [2.45, 2.75) is 13.3 Å². The van der Waals surface area contributed by atoms with E-state index in [1.165, 1.54) is 5.56 Å². The Hall–Kier alpha value is -1.51. The second-order valence-electron chi connectivity index (χ2n) is 4.34. The molecule has 2 aromatic rings. The molecule has 0 aliphatic rings. The molecule has 0 saturated heterocycles. The number of Topliss-reactive ketones (excluding diaryl/α,β-unsaturated/α-hetero) is 1. The Bertz CT molecular complexity index is 624. The summed E-state index contributed by atoms with van der Waals surface area (Å²) in [6.07, 6.45) is 0.929. The number of hydrogen-bond donors (Lipinski definition) is 0. The molecule has 2 nitrogen and oxygen atoms in total. The summed E-state index contributed by atoms with van der Waals surface area (Å²) in [6, 6.07) is 12.5. The highest BCUT2D eigenvalue weighted by atomic mass is 35.5. The molecule has 0 unspecified atom stereocenters. The standard InChI is InChI=1S/C16H14Cl2O2/c1-2-11-4-3-5-13(8-11)20-10-16(19)12-6-7-14(17)15(18)9-12/h3-9H,2,10H2,1H3. The van der Waals surface area contributed by atoms with Crippen LogP contribution in [-0.4, -0.2) is 12.4 Å². The molecule has 0 aromatic heterocycles. The van der Waals surface area contributed by atoms with Crippen molar-refractivity contribution in [3.05, 3.63) is 63.6 Å². The van der Waals surface area contributed by atoms with Gasteiger partial charge in [-0.2, -0.15) is 0 Å². The molecule has 2 rings (SSSR count). The van der Waals surface area contributed by atoms with Gasteiger partial charge in [-0.05, 0) is 42.3 Å². The van der Waals surface area contributed by atoms with Crippen LogP contribution >= 0.6 is 23.2 Å². The van der Waals surface area contributed by atoms with E-state index < -0.39 is 0 Å². The van der Waals surface area contributed by atoms with Crippen LogP contribution in [0.15, 0.2) is 42.5 Å². The van der Waals surface area contributed by atoms with E-state index in [1.807, 2.05) is 24.3 Å². The SMILES string of the molecule is CCc1cccc(OCC(=O)c2ccc(Cl)c(Cl)c2)c1. The summed E-state index contributed by atoms with van der Waals surface area (Å²) in [5, 5.41) is 0.797. The summed E-state index contributed by atoms with van der Waals surface area (Å²) in [5.41, 5.74) is 1.66. The fourth-order valence-electron chi connectivity index (χ4n) is 1.76. The van der Waals surface area contributed by atoms with Crippen molar-refractivity contribution in [2.24, 2.45) is 0 Å². The predicted octanol–water partition coefficient (Wildman–Crippen LogP) is 4.82. The van der Waals surface area contributed by atoms with E-state index in [0.717, 1.165) is 6.42 Å². The molecular weight excluding hydrogens is 295 g/mol. The molecule has 0 amide bonds. The zero-order valence-corrected chi connectivity index (χ0v) is 12.5. The number of rotatable bonds is 5. The molecule has 0 spiro atoms. The van der Waals surface area contributed by atoms with E-state index in [9.17, 15) is 4.79 Å². The topological polar surface area (TPSA) is 26.3 Å². The molecule has 4 heteroatoms. The fraction of sp³-hybridized carbons (Fsp3) is 0.188. The molecule has 20 heavy (non-hydrogen) atoms. The lowest BCUT2D eigenvalue weighted by atomic mass is 10.1. The van der Waals surface area contributed by atoms with Crippen LogP contribution in [0.1, 0.15) is 22.8 Å².